The van der Waals surface area contributed by atoms with Gasteiger partial charge in [0.05, 0.1) is 11.1 Å². The third kappa shape index (κ3) is 2.36. The minimum absolute atomic E-state index is 0.0115. The number of carbonyl (C=O) groups excluding carboxylic acids is 1. The zero-order valence-corrected chi connectivity index (χ0v) is 14.4. The Balaban J connectivity index is 1.45. The minimum atomic E-state index is -0.141. The highest BCUT2D eigenvalue weighted by Gasteiger charge is 2.59. The van der Waals surface area contributed by atoms with Gasteiger partial charge in [-0.15, -0.1) is 0 Å². The molecule has 0 aliphatic heterocycles. The number of hydrogen-bond donors (Lipinski definition) is 1. The molecule has 7 nitrogen and oxygen atoms in total. The van der Waals surface area contributed by atoms with E-state index in [4.69, 9.17) is 0 Å². The van der Waals surface area contributed by atoms with E-state index in [9.17, 15) is 4.79 Å². The van der Waals surface area contributed by atoms with Crippen molar-refractivity contribution in [2.75, 3.05) is 0 Å². The second-order valence-corrected chi connectivity index (χ2v) is 8.28. The van der Waals surface area contributed by atoms with Crippen LogP contribution in [0.15, 0.2) is 25.0 Å². The zero-order chi connectivity index (χ0) is 17.1. The van der Waals surface area contributed by atoms with Gasteiger partial charge in [-0.3, -0.25) is 4.79 Å². The van der Waals surface area contributed by atoms with Crippen molar-refractivity contribution in [3.8, 4) is 0 Å². The van der Waals surface area contributed by atoms with E-state index in [1.54, 1.807) is 18.7 Å². The topological polar surface area (TPSA) is 85.6 Å². The second kappa shape index (κ2) is 5.09. The van der Waals surface area contributed by atoms with E-state index in [0.29, 0.717) is 23.2 Å². The number of aromatic nitrogens is 5. The molecule has 2 aromatic heterocycles. The van der Waals surface area contributed by atoms with Crippen molar-refractivity contribution in [2.45, 2.75) is 56.5 Å². The molecule has 25 heavy (non-hydrogen) atoms. The van der Waals surface area contributed by atoms with E-state index < -0.39 is 0 Å². The van der Waals surface area contributed by atoms with Crippen molar-refractivity contribution >= 4 is 5.91 Å². The van der Waals surface area contributed by atoms with E-state index in [2.05, 4.69) is 30.0 Å². The highest BCUT2D eigenvalue weighted by Crippen LogP contribution is 2.60. The molecule has 4 fully saturated rings. The van der Waals surface area contributed by atoms with Crippen LogP contribution in [0.2, 0.25) is 0 Å². The fraction of sp³-hybridized carbons (Fsp3) is 0.611. The summed E-state index contributed by atoms with van der Waals surface area (Å²) in [7, 11) is 0. The van der Waals surface area contributed by atoms with Crippen molar-refractivity contribution in [3.63, 3.8) is 0 Å². The molecule has 2 atom stereocenters. The molecule has 6 rings (SSSR count). The molecule has 4 aliphatic rings. The molecule has 4 saturated carbocycles. The molecule has 130 valence electrons. The lowest BCUT2D eigenvalue weighted by atomic mass is 9.50. The average Bonchev–Trinajstić information content (AvgIpc) is 3.09. The van der Waals surface area contributed by atoms with Gasteiger partial charge in [0, 0.05) is 17.9 Å². The van der Waals surface area contributed by atoms with Crippen LogP contribution in [0, 0.1) is 18.8 Å². The van der Waals surface area contributed by atoms with Crippen LogP contribution >= 0.6 is 0 Å². The Kier molecular flexibility index (Phi) is 3.05. The average molecular weight is 338 g/mol. The monoisotopic (exact) mass is 338 g/mol. The van der Waals surface area contributed by atoms with Gasteiger partial charge in [-0.05, 0) is 57.3 Å². The zero-order valence-electron chi connectivity index (χ0n) is 14.4. The van der Waals surface area contributed by atoms with Crippen molar-refractivity contribution in [1.29, 1.82) is 0 Å². The Hall–Kier alpha value is -2.31. The van der Waals surface area contributed by atoms with Crippen LogP contribution in [0.3, 0.4) is 0 Å². The molecule has 0 aromatic carbocycles. The SMILES string of the molecule is Cc1ncc(C(=O)NC23CC4CC(C2)CC(n2cncn2)(C4)C3)cn1. The fourth-order valence-electron chi connectivity index (χ4n) is 5.90. The summed E-state index contributed by atoms with van der Waals surface area (Å²) in [6, 6.07) is 0. The Morgan fingerprint density at radius 2 is 1.92 bits per heavy atom. The summed E-state index contributed by atoms with van der Waals surface area (Å²) in [5.74, 6) is 1.92. The Bertz CT molecular complexity index is 785. The van der Waals surface area contributed by atoms with E-state index in [-0.39, 0.29) is 17.0 Å². The minimum Gasteiger partial charge on any atom is -0.346 e. The van der Waals surface area contributed by atoms with Gasteiger partial charge in [0.15, 0.2) is 0 Å². The number of hydrogen-bond acceptors (Lipinski definition) is 5. The number of amides is 1. The molecule has 0 spiro atoms. The second-order valence-electron chi connectivity index (χ2n) is 8.28. The summed E-state index contributed by atoms with van der Waals surface area (Å²) in [6.45, 7) is 1.82. The quantitative estimate of drug-likeness (QED) is 0.923. The van der Waals surface area contributed by atoms with E-state index in [0.717, 1.165) is 32.1 Å². The molecular formula is C18H22N6O. The van der Waals surface area contributed by atoms with Crippen LogP contribution in [0.5, 0.6) is 0 Å². The molecule has 7 heteroatoms. The first-order valence-electron chi connectivity index (χ1n) is 9.02. The first kappa shape index (κ1) is 15.0. The standard InChI is InChI=1S/C18H22N6O/c1-12-20-7-15(8-21-12)16(25)23-17-3-13-2-14(4-17)6-18(5-13,9-17)24-11-19-10-22-24/h7-8,10-11,13-14H,2-6,9H2,1H3,(H,23,25). The number of aryl methyl sites for hydroxylation is 1. The van der Waals surface area contributed by atoms with Crippen LogP contribution in [0.4, 0.5) is 0 Å². The van der Waals surface area contributed by atoms with Gasteiger partial charge in [-0.2, -0.15) is 5.10 Å². The molecule has 2 aromatic rings. The third-order valence-corrected chi connectivity index (χ3v) is 6.36. The lowest BCUT2D eigenvalue weighted by molar-refractivity contribution is -0.0744. The molecule has 4 bridgehead atoms. The lowest BCUT2D eigenvalue weighted by Gasteiger charge is -2.61. The molecule has 1 amide bonds. The molecule has 0 radical (unpaired) electrons. The van der Waals surface area contributed by atoms with Gasteiger partial charge in [0.2, 0.25) is 0 Å². The number of carbonyl (C=O) groups is 1. The highest BCUT2D eigenvalue weighted by molar-refractivity contribution is 5.94. The molecule has 4 aliphatic carbocycles. The van der Waals surface area contributed by atoms with E-state index in [1.165, 1.54) is 6.42 Å². The van der Waals surface area contributed by atoms with Crippen LogP contribution in [0.1, 0.15) is 54.7 Å². The predicted octanol–water partition coefficient (Wildman–Crippen LogP) is 1.85. The lowest BCUT2D eigenvalue weighted by Crippen LogP contribution is -2.65. The van der Waals surface area contributed by atoms with E-state index >= 15 is 0 Å². The Morgan fingerprint density at radius 1 is 1.20 bits per heavy atom. The summed E-state index contributed by atoms with van der Waals surface area (Å²) in [4.78, 5) is 25.3. The van der Waals surface area contributed by atoms with Crippen molar-refractivity contribution in [3.05, 3.63) is 36.4 Å². The Labute approximate surface area is 146 Å². The first-order chi connectivity index (χ1) is 12.1. The summed E-state index contributed by atoms with van der Waals surface area (Å²) in [5, 5.41) is 7.82. The van der Waals surface area contributed by atoms with Crippen molar-refractivity contribution in [2.24, 2.45) is 11.8 Å². The van der Waals surface area contributed by atoms with Gasteiger partial charge in [0.25, 0.3) is 5.91 Å². The van der Waals surface area contributed by atoms with Gasteiger partial charge in [0.1, 0.15) is 18.5 Å². The van der Waals surface area contributed by atoms with Gasteiger partial charge in [-0.25, -0.2) is 19.6 Å². The Morgan fingerprint density at radius 3 is 2.56 bits per heavy atom. The molecule has 0 saturated heterocycles. The summed E-state index contributed by atoms with van der Waals surface area (Å²) >= 11 is 0. The summed E-state index contributed by atoms with van der Waals surface area (Å²) in [6.07, 6.45) is 13.4. The molecule has 2 heterocycles. The smallest absolute Gasteiger partial charge is 0.254 e. The number of rotatable bonds is 3. The predicted molar refractivity (Wildman–Crippen MR) is 89.6 cm³/mol. The molecular weight excluding hydrogens is 316 g/mol. The van der Waals surface area contributed by atoms with Crippen molar-refractivity contribution in [1.82, 2.24) is 30.0 Å². The number of nitrogens with zero attached hydrogens (tertiary/aromatic N) is 5. The summed E-state index contributed by atoms with van der Waals surface area (Å²) in [5.41, 5.74) is 0.409. The highest BCUT2D eigenvalue weighted by atomic mass is 16.1. The van der Waals surface area contributed by atoms with Crippen LogP contribution in [-0.4, -0.2) is 36.2 Å². The van der Waals surface area contributed by atoms with Crippen LogP contribution in [0.25, 0.3) is 0 Å². The maximum absolute atomic E-state index is 12.8. The molecule has 2 unspecified atom stereocenters. The number of nitrogens with one attached hydrogen (secondary N) is 1. The first-order valence-corrected chi connectivity index (χ1v) is 9.02. The van der Waals surface area contributed by atoms with Crippen LogP contribution in [-0.2, 0) is 5.54 Å². The fourth-order valence-corrected chi connectivity index (χ4v) is 5.90. The van der Waals surface area contributed by atoms with Gasteiger partial charge >= 0.3 is 0 Å². The van der Waals surface area contributed by atoms with Gasteiger partial charge in [-0.1, -0.05) is 0 Å². The van der Waals surface area contributed by atoms with Crippen molar-refractivity contribution < 1.29 is 4.79 Å². The van der Waals surface area contributed by atoms with Gasteiger partial charge < -0.3 is 5.32 Å². The maximum atomic E-state index is 12.8. The maximum Gasteiger partial charge on any atom is 0.254 e. The molecule has 1 N–H and O–H groups in total. The van der Waals surface area contributed by atoms with E-state index in [1.807, 2.05) is 13.3 Å². The van der Waals surface area contributed by atoms with Crippen LogP contribution < -0.4 is 5.32 Å². The largest absolute Gasteiger partial charge is 0.346 e. The summed E-state index contributed by atoms with van der Waals surface area (Å²) < 4.78 is 2.06. The normalized spacial score (nSPS) is 35.7. The third-order valence-electron chi connectivity index (χ3n) is 6.36.